The number of hydrogen-bond acceptors (Lipinski definition) is 3. The highest BCUT2D eigenvalue weighted by atomic mass is 32.2. The molecule has 0 spiro atoms. The Balaban J connectivity index is 2.48. The maximum atomic E-state index is 13.0. The van der Waals surface area contributed by atoms with Crippen molar-refractivity contribution in [3.8, 4) is 5.75 Å². The molecule has 1 saturated heterocycles. The first kappa shape index (κ1) is 17.3. The number of ether oxygens (including phenoxy) is 1. The van der Waals surface area contributed by atoms with E-state index in [0.717, 1.165) is 29.7 Å². The molecular weight excluding hydrogens is 298 g/mol. The molecule has 1 aromatic rings. The zero-order valence-corrected chi connectivity index (χ0v) is 15.0. The predicted octanol–water partition coefficient (Wildman–Crippen LogP) is 3.55. The Hall–Kier alpha value is -1.07. The number of sulfonamides is 1. The lowest BCUT2D eigenvalue weighted by Gasteiger charge is -2.30. The molecule has 22 heavy (non-hydrogen) atoms. The van der Waals surface area contributed by atoms with E-state index < -0.39 is 10.0 Å². The average molecular weight is 325 g/mol. The van der Waals surface area contributed by atoms with E-state index in [9.17, 15) is 8.42 Å². The molecule has 1 aliphatic rings. The molecule has 4 nitrogen and oxygen atoms in total. The standard InChI is InChI=1S/C17H27NO3S/c1-12(2)15-10-17(14(4)9-16(15)21-5)22(19,20)18-8-6-7-13(3)11-18/h9-10,12-13H,6-8,11H2,1-5H3/t13-/m0/s1. The zero-order valence-electron chi connectivity index (χ0n) is 14.2. The Morgan fingerprint density at radius 2 is 2.00 bits per heavy atom. The first-order valence-corrected chi connectivity index (χ1v) is 9.40. The number of rotatable bonds is 4. The van der Waals surface area contributed by atoms with Gasteiger partial charge in [-0.05, 0) is 54.9 Å². The fraction of sp³-hybridized carbons (Fsp3) is 0.647. The average Bonchev–Trinajstić information content (AvgIpc) is 2.46. The van der Waals surface area contributed by atoms with E-state index in [4.69, 9.17) is 4.74 Å². The molecule has 0 radical (unpaired) electrons. The number of benzene rings is 1. The van der Waals surface area contributed by atoms with Crippen LogP contribution in [0.3, 0.4) is 0 Å². The minimum atomic E-state index is -3.43. The maximum absolute atomic E-state index is 13.0. The normalized spacial score (nSPS) is 20.4. The van der Waals surface area contributed by atoms with Crippen molar-refractivity contribution in [2.45, 2.75) is 51.3 Å². The van der Waals surface area contributed by atoms with Gasteiger partial charge in [0.15, 0.2) is 0 Å². The minimum absolute atomic E-state index is 0.213. The van der Waals surface area contributed by atoms with Gasteiger partial charge < -0.3 is 4.74 Å². The molecule has 1 atom stereocenters. The molecule has 1 fully saturated rings. The van der Waals surface area contributed by atoms with Gasteiger partial charge in [0.2, 0.25) is 10.0 Å². The molecule has 0 saturated carbocycles. The Kier molecular flexibility index (Phi) is 5.17. The summed E-state index contributed by atoms with van der Waals surface area (Å²) < 4.78 is 33.1. The lowest BCUT2D eigenvalue weighted by Crippen LogP contribution is -2.39. The monoisotopic (exact) mass is 325 g/mol. The highest BCUT2D eigenvalue weighted by molar-refractivity contribution is 7.89. The van der Waals surface area contributed by atoms with Crippen molar-refractivity contribution in [1.29, 1.82) is 0 Å². The van der Waals surface area contributed by atoms with E-state index in [1.54, 1.807) is 17.5 Å². The first-order valence-electron chi connectivity index (χ1n) is 7.96. The third-order valence-corrected chi connectivity index (χ3v) is 6.39. The van der Waals surface area contributed by atoms with Crippen LogP contribution in [0.15, 0.2) is 17.0 Å². The van der Waals surface area contributed by atoms with Crippen LogP contribution in [0, 0.1) is 12.8 Å². The molecule has 1 aliphatic heterocycles. The van der Waals surface area contributed by atoms with Gasteiger partial charge in [-0.25, -0.2) is 8.42 Å². The molecule has 0 aliphatic carbocycles. The summed E-state index contributed by atoms with van der Waals surface area (Å²) in [5.74, 6) is 1.40. The molecule has 5 heteroatoms. The Labute approximate surface area is 134 Å². The molecule has 0 bridgehead atoms. The van der Waals surface area contributed by atoms with Crippen molar-refractivity contribution < 1.29 is 13.2 Å². The van der Waals surface area contributed by atoms with Crippen molar-refractivity contribution in [3.63, 3.8) is 0 Å². The second-order valence-corrected chi connectivity index (χ2v) is 8.53. The van der Waals surface area contributed by atoms with Crippen LogP contribution in [0.1, 0.15) is 50.7 Å². The maximum Gasteiger partial charge on any atom is 0.243 e. The van der Waals surface area contributed by atoms with E-state index in [-0.39, 0.29) is 5.92 Å². The van der Waals surface area contributed by atoms with Crippen molar-refractivity contribution >= 4 is 10.0 Å². The van der Waals surface area contributed by atoms with Gasteiger partial charge in [0.05, 0.1) is 12.0 Å². The lowest BCUT2D eigenvalue weighted by atomic mass is 10.0. The molecule has 0 aromatic heterocycles. The van der Waals surface area contributed by atoms with Gasteiger partial charge >= 0.3 is 0 Å². The molecule has 124 valence electrons. The van der Waals surface area contributed by atoms with Gasteiger partial charge in [-0.15, -0.1) is 0 Å². The largest absolute Gasteiger partial charge is 0.496 e. The number of hydrogen-bond donors (Lipinski definition) is 0. The molecule has 1 heterocycles. The summed E-state index contributed by atoms with van der Waals surface area (Å²) in [6.07, 6.45) is 2.04. The molecule has 0 N–H and O–H groups in total. The summed E-state index contributed by atoms with van der Waals surface area (Å²) in [6, 6.07) is 3.64. The van der Waals surface area contributed by atoms with Crippen LogP contribution in [0.2, 0.25) is 0 Å². The smallest absolute Gasteiger partial charge is 0.243 e. The van der Waals surface area contributed by atoms with Gasteiger partial charge in [0, 0.05) is 13.1 Å². The molecule has 1 aromatic carbocycles. The van der Waals surface area contributed by atoms with Crippen molar-refractivity contribution in [1.82, 2.24) is 4.31 Å². The summed E-state index contributed by atoms with van der Waals surface area (Å²) in [6.45, 7) is 9.29. The lowest BCUT2D eigenvalue weighted by molar-refractivity contribution is 0.281. The first-order chi connectivity index (χ1) is 10.3. The summed E-state index contributed by atoms with van der Waals surface area (Å²) in [4.78, 5) is 0.422. The van der Waals surface area contributed by atoms with Gasteiger partial charge in [-0.1, -0.05) is 20.8 Å². The third-order valence-electron chi connectivity index (χ3n) is 4.39. The highest BCUT2D eigenvalue weighted by Gasteiger charge is 2.30. The van der Waals surface area contributed by atoms with Crippen LogP contribution >= 0.6 is 0 Å². The minimum Gasteiger partial charge on any atom is -0.496 e. The zero-order chi connectivity index (χ0) is 16.5. The van der Waals surface area contributed by atoms with E-state index in [1.165, 1.54) is 0 Å². The molecule has 0 unspecified atom stereocenters. The van der Waals surface area contributed by atoms with Crippen molar-refractivity contribution in [2.24, 2.45) is 5.92 Å². The summed E-state index contributed by atoms with van der Waals surface area (Å²) in [5, 5.41) is 0. The van der Waals surface area contributed by atoms with Crippen LogP contribution in [0.25, 0.3) is 0 Å². The fourth-order valence-electron chi connectivity index (χ4n) is 3.09. The van der Waals surface area contributed by atoms with Crippen LogP contribution in [-0.2, 0) is 10.0 Å². The number of methoxy groups -OCH3 is 1. The molecule has 2 rings (SSSR count). The predicted molar refractivity (Wildman–Crippen MR) is 89.0 cm³/mol. The Bertz CT molecular complexity index is 638. The van der Waals surface area contributed by atoms with Crippen molar-refractivity contribution in [3.05, 3.63) is 23.3 Å². The van der Waals surface area contributed by atoms with Crippen LogP contribution in [-0.4, -0.2) is 32.9 Å². The number of piperidine rings is 1. The van der Waals surface area contributed by atoms with Gasteiger partial charge in [0.25, 0.3) is 0 Å². The highest BCUT2D eigenvalue weighted by Crippen LogP contribution is 2.33. The summed E-state index contributed by atoms with van der Waals surface area (Å²) in [5.41, 5.74) is 1.69. The SMILES string of the molecule is COc1cc(C)c(S(=O)(=O)N2CCC[C@H](C)C2)cc1C(C)C. The quantitative estimate of drug-likeness (QED) is 0.850. The van der Waals surface area contributed by atoms with E-state index in [0.29, 0.717) is 23.9 Å². The van der Waals surface area contributed by atoms with Gasteiger partial charge in [-0.2, -0.15) is 4.31 Å². The van der Waals surface area contributed by atoms with Crippen LogP contribution < -0.4 is 4.74 Å². The Morgan fingerprint density at radius 3 is 2.55 bits per heavy atom. The van der Waals surface area contributed by atoms with E-state index in [2.05, 4.69) is 6.92 Å². The molecule has 0 amide bonds. The summed E-state index contributed by atoms with van der Waals surface area (Å²) >= 11 is 0. The fourth-order valence-corrected chi connectivity index (χ4v) is 4.93. The second-order valence-electron chi connectivity index (χ2n) is 6.62. The van der Waals surface area contributed by atoms with Crippen molar-refractivity contribution in [2.75, 3.05) is 20.2 Å². The van der Waals surface area contributed by atoms with Crippen LogP contribution in [0.4, 0.5) is 0 Å². The summed E-state index contributed by atoms with van der Waals surface area (Å²) in [7, 11) is -1.80. The topological polar surface area (TPSA) is 46.6 Å². The number of aryl methyl sites for hydroxylation is 1. The van der Waals surface area contributed by atoms with Gasteiger partial charge in [-0.3, -0.25) is 0 Å². The van der Waals surface area contributed by atoms with E-state index >= 15 is 0 Å². The third kappa shape index (κ3) is 3.30. The van der Waals surface area contributed by atoms with Gasteiger partial charge in [0.1, 0.15) is 5.75 Å². The van der Waals surface area contributed by atoms with E-state index in [1.807, 2.05) is 26.8 Å². The van der Waals surface area contributed by atoms with Crippen LogP contribution in [0.5, 0.6) is 5.75 Å². The Morgan fingerprint density at radius 1 is 1.32 bits per heavy atom. The second kappa shape index (κ2) is 6.59. The number of nitrogens with zero attached hydrogens (tertiary/aromatic N) is 1. The molecular formula is C17H27NO3S.